The smallest absolute Gasteiger partial charge is 0.211 e. The van der Waals surface area contributed by atoms with Crippen LogP contribution in [0.15, 0.2) is 36.4 Å². The predicted octanol–water partition coefficient (Wildman–Crippen LogP) is 4.81. The highest BCUT2D eigenvalue weighted by Crippen LogP contribution is 2.34. The fraction of sp³-hybridized carbons (Fsp3) is 0.409. The van der Waals surface area contributed by atoms with E-state index in [0.29, 0.717) is 6.04 Å². The third-order valence-corrected chi connectivity index (χ3v) is 4.66. The number of amides is 1. The van der Waals surface area contributed by atoms with Crippen molar-refractivity contribution in [1.82, 2.24) is 5.32 Å². The van der Waals surface area contributed by atoms with Crippen LogP contribution in [0.4, 0.5) is 22.7 Å². The van der Waals surface area contributed by atoms with Crippen molar-refractivity contribution in [2.24, 2.45) is 0 Å². The van der Waals surface area contributed by atoms with E-state index in [1.54, 1.807) is 0 Å². The molecule has 1 aliphatic heterocycles. The van der Waals surface area contributed by atoms with Gasteiger partial charge in [0.05, 0.1) is 11.4 Å². The second-order valence-corrected chi connectivity index (χ2v) is 6.59. The van der Waals surface area contributed by atoms with Crippen LogP contribution in [0, 0.1) is 13.8 Å². The van der Waals surface area contributed by atoms with Crippen molar-refractivity contribution in [2.45, 2.75) is 46.6 Å². The van der Waals surface area contributed by atoms with Gasteiger partial charge in [0.2, 0.25) is 6.41 Å². The molecular formula is C22H32N4O. The molecule has 3 rings (SSSR count). The zero-order chi connectivity index (χ0) is 19.6. The van der Waals surface area contributed by atoms with Crippen LogP contribution >= 0.6 is 0 Å². The number of anilines is 4. The van der Waals surface area contributed by atoms with Crippen molar-refractivity contribution in [3.8, 4) is 0 Å². The quantitative estimate of drug-likeness (QED) is 0.553. The molecule has 1 heterocycles. The van der Waals surface area contributed by atoms with Crippen molar-refractivity contribution in [3.63, 3.8) is 0 Å². The van der Waals surface area contributed by atoms with Crippen LogP contribution in [0.2, 0.25) is 0 Å². The number of nitrogens with one attached hydrogen (secondary N) is 4. The fourth-order valence-electron chi connectivity index (χ4n) is 3.25. The molecule has 1 amide bonds. The summed E-state index contributed by atoms with van der Waals surface area (Å²) in [6.45, 7) is 10.2. The Morgan fingerprint density at radius 3 is 2.37 bits per heavy atom. The average Bonchev–Trinajstić information content (AvgIpc) is 2.69. The third-order valence-electron chi connectivity index (χ3n) is 4.66. The SMILES string of the molecule is CC.Cc1ccccc1Nc1c(C)cc(NC=O)cc1NC1CCNCC1. The highest BCUT2D eigenvalue weighted by Gasteiger charge is 2.16. The Labute approximate surface area is 162 Å². The first kappa shape index (κ1) is 20.8. The summed E-state index contributed by atoms with van der Waals surface area (Å²) in [6.07, 6.45) is 2.90. The number of piperidine rings is 1. The summed E-state index contributed by atoms with van der Waals surface area (Å²) in [5.41, 5.74) is 6.27. The number of carbonyl (C=O) groups is 1. The summed E-state index contributed by atoms with van der Waals surface area (Å²) in [7, 11) is 0. The van der Waals surface area contributed by atoms with Gasteiger partial charge >= 0.3 is 0 Å². The molecule has 146 valence electrons. The number of para-hydroxylation sites is 1. The lowest BCUT2D eigenvalue weighted by atomic mass is 10.0. The zero-order valence-electron chi connectivity index (χ0n) is 16.9. The van der Waals surface area contributed by atoms with Gasteiger partial charge in [-0.1, -0.05) is 32.0 Å². The van der Waals surface area contributed by atoms with Gasteiger partial charge in [0, 0.05) is 17.4 Å². The molecule has 0 radical (unpaired) electrons. The van der Waals surface area contributed by atoms with E-state index in [-0.39, 0.29) is 0 Å². The van der Waals surface area contributed by atoms with Crippen LogP contribution in [0.1, 0.15) is 37.8 Å². The van der Waals surface area contributed by atoms with Crippen LogP contribution in [-0.2, 0) is 4.79 Å². The van der Waals surface area contributed by atoms with Crippen LogP contribution in [0.5, 0.6) is 0 Å². The first-order valence-electron chi connectivity index (χ1n) is 9.82. The molecule has 0 bridgehead atoms. The summed E-state index contributed by atoms with van der Waals surface area (Å²) < 4.78 is 0. The summed E-state index contributed by atoms with van der Waals surface area (Å²) in [4.78, 5) is 10.9. The minimum Gasteiger partial charge on any atom is -0.380 e. The summed E-state index contributed by atoms with van der Waals surface area (Å²) >= 11 is 0. The van der Waals surface area contributed by atoms with Crippen molar-refractivity contribution < 1.29 is 4.79 Å². The van der Waals surface area contributed by atoms with Gasteiger partial charge in [0.1, 0.15) is 0 Å². The molecule has 0 aromatic heterocycles. The number of hydrogen-bond donors (Lipinski definition) is 4. The number of rotatable bonds is 6. The van der Waals surface area contributed by atoms with Gasteiger partial charge in [0.25, 0.3) is 0 Å². The molecule has 1 fully saturated rings. The lowest BCUT2D eigenvalue weighted by Crippen LogP contribution is -2.35. The molecule has 2 aromatic carbocycles. The van der Waals surface area contributed by atoms with Crippen molar-refractivity contribution in [2.75, 3.05) is 29.0 Å². The van der Waals surface area contributed by atoms with Crippen LogP contribution in [0.25, 0.3) is 0 Å². The van der Waals surface area contributed by atoms with Gasteiger partial charge in [-0.3, -0.25) is 4.79 Å². The van der Waals surface area contributed by atoms with Crippen LogP contribution in [-0.4, -0.2) is 25.5 Å². The maximum absolute atomic E-state index is 10.9. The van der Waals surface area contributed by atoms with Crippen molar-refractivity contribution >= 4 is 29.2 Å². The Kier molecular flexibility index (Phi) is 8.14. The normalized spacial score (nSPS) is 13.9. The molecule has 1 saturated heterocycles. The molecule has 5 heteroatoms. The Morgan fingerprint density at radius 1 is 1.00 bits per heavy atom. The summed E-state index contributed by atoms with van der Waals surface area (Å²) in [5, 5.41) is 13.4. The van der Waals surface area contributed by atoms with Crippen LogP contribution in [0.3, 0.4) is 0 Å². The van der Waals surface area contributed by atoms with Gasteiger partial charge in [-0.25, -0.2) is 0 Å². The highest BCUT2D eigenvalue weighted by atomic mass is 16.1. The maximum Gasteiger partial charge on any atom is 0.211 e. The van der Waals surface area contributed by atoms with Crippen LogP contribution < -0.4 is 21.3 Å². The summed E-state index contributed by atoms with van der Waals surface area (Å²) in [5.74, 6) is 0. The Morgan fingerprint density at radius 2 is 1.70 bits per heavy atom. The first-order chi connectivity index (χ1) is 13.2. The fourth-order valence-corrected chi connectivity index (χ4v) is 3.25. The monoisotopic (exact) mass is 368 g/mol. The van der Waals surface area contributed by atoms with E-state index >= 15 is 0 Å². The van der Waals surface area contributed by atoms with Gasteiger partial charge in [-0.2, -0.15) is 0 Å². The lowest BCUT2D eigenvalue weighted by Gasteiger charge is -2.27. The molecule has 2 aromatic rings. The van der Waals surface area contributed by atoms with E-state index in [4.69, 9.17) is 0 Å². The molecule has 27 heavy (non-hydrogen) atoms. The Hall–Kier alpha value is -2.53. The Balaban J connectivity index is 0.00000126. The highest BCUT2D eigenvalue weighted by molar-refractivity contribution is 5.84. The van der Waals surface area contributed by atoms with Gasteiger partial charge < -0.3 is 21.3 Å². The van der Waals surface area contributed by atoms with E-state index < -0.39 is 0 Å². The van der Waals surface area contributed by atoms with E-state index in [1.165, 1.54) is 5.56 Å². The molecule has 5 nitrogen and oxygen atoms in total. The molecule has 0 atom stereocenters. The van der Waals surface area contributed by atoms with Gasteiger partial charge in [0.15, 0.2) is 0 Å². The third kappa shape index (κ3) is 5.73. The molecule has 1 aliphatic rings. The largest absolute Gasteiger partial charge is 0.380 e. The number of aryl methyl sites for hydroxylation is 2. The van der Waals surface area contributed by atoms with E-state index in [1.807, 2.05) is 38.1 Å². The van der Waals surface area contributed by atoms with E-state index in [2.05, 4.69) is 47.2 Å². The molecule has 0 unspecified atom stereocenters. The van der Waals surface area contributed by atoms with E-state index in [9.17, 15) is 4.79 Å². The summed E-state index contributed by atoms with van der Waals surface area (Å²) in [6, 6.07) is 12.7. The van der Waals surface area contributed by atoms with Crippen molar-refractivity contribution in [1.29, 1.82) is 0 Å². The number of hydrogen-bond acceptors (Lipinski definition) is 4. The molecular weight excluding hydrogens is 336 g/mol. The second kappa shape index (κ2) is 10.6. The minimum absolute atomic E-state index is 0.435. The van der Waals surface area contributed by atoms with Crippen molar-refractivity contribution in [3.05, 3.63) is 47.5 Å². The lowest BCUT2D eigenvalue weighted by molar-refractivity contribution is -0.105. The first-order valence-corrected chi connectivity index (χ1v) is 9.82. The number of benzene rings is 2. The predicted molar refractivity (Wildman–Crippen MR) is 116 cm³/mol. The maximum atomic E-state index is 10.9. The standard InChI is InChI=1S/C20H26N4O.C2H6/c1-14-5-3-4-6-18(14)24-20-15(2)11-17(22-13-25)12-19(20)23-16-7-9-21-10-8-16;1-2/h3-6,11-13,16,21,23-24H,7-10H2,1-2H3,(H,22,25);1-2H3. The molecule has 0 aliphatic carbocycles. The Bertz CT molecular complexity index is 739. The molecule has 4 N–H and O–H groups in total. The van der Waals surface area contributed by atoms with Gasteiger partial charge in [-0.05, 0) is 69.1 Å². The topological polar surface area (TPSA) is 65.2 Å². The minimum atomic E-state index is 0.435. The molecule has 0 saturated carbocycles. The van der Waals surface area contributed by atoms with E-state index in [0.717, 1.165) is 60.7 Å². The number of carbonyl (C=O) groups excluding carboxylic acids is 1. The average molecular weight is 369 g/mol. The molecule has 0 spiro atoms. The van der Waals surface area contributed by atoms with Gasteiger partial charge in [-0.15, -0.1) is 0 Å². The second-order valence-electron chi connectivity index (χ2n) is 6.59. The zero-order valence-corrected chi connectivity index (χ0v) is 16.9.